The van der Waals surface area contributed by atoms with Gasteiger partial charge in [-0.1, -0.05) is 57.8 Å². The van der Waals surface area contributed by atoms with Crippen LogP contribution in [0.25, 0.3) is 0 Å². The summed E-state index contributed by atoms with van der Waals surface area (Å²) >= 11 is 0. The van der Waals surface area contributed by atoms with Crippen LogP contribution in [0.15, 0.2) is 12.3 Å². The fraction of sp³-hybridized carbons (Fsp3) is 0.625. The first-order valence-electron chi connectivity index (χ1n) is 7.52. The molecule has 0 aliphatic rings. The molecule has 1 aromatic rings. The van der Waals surface area contributed by atoms with Gasteiger partial charge in [0.15, 0.2) is 5.69 Å². The Morgan fingerprint density at radius 1 is 1.20 bits per heavy atom. The third-order valence-corrected chi connectivity index (χ3v) is 3.16. The molecule has 0 saturated carbocycles. The number of hydrogen-bond acceptors (Lipinski definition) is 2. The molecule has 1 rings (SSSR count). The highest BCUT2D eigenvalue weighted by Gasteiger charge is 2.04. The molecule has 4 nitrogen and oxygen atoms in total. The Morgan fingerprint density at radius 2 is 1.85 bits per heavy atom. The molecule has 0 fully saturated rings. The summed E-state index contributed by atoms with van der Waals surface area (Å²) in [5, 5.41) is 12.5. The van der Waals surface area contributed by atoms with Gasteiger partial charge in [-0.05, 0) is 12.5 Å². The Bertz CT molecular complexity index is 455. The number of carbonyl (C=O) groups is 1. The minimum Gasteiger partial charge on any atom is -0.476 e. The topological polar surface area (TPSA) is 55.1 Å². The number of rotatable bonds is 9. The zero-order valence-corrected chi connectivity index (χ0v) is 12.3. The predicted molar refractivity (Wildman–Crippen MR) is 79.6 cm³/mol. The smallest absolute Gasteiger partial charge is 0.356 e. The second-order valence-corrected chi connectivity index (χ2v) is 4.96. The molecule has 1 N–H and O–H groups in total. The van der Waals surface area contributed by atoms with E-state index < -0.39 is 5.97 Å². The zero-order chi connectivity index (χ0) is 14.6. The van der Waals surface area contributed by atoms with Crippen molar-refractivity contribution in [1.29, 1.82) is 0 Å². The molecule has 0 aliphatic heterocycles. The van der Waals surface area contributed by atoms with E-state index in [4.69, 9.17) is 5.11 Å². The SMILES string of the molecule is CCCCCCCCCCC#Cn1ccc(C(=O)O)n1. The summed E-state index contributed by atoms with van der Waals surface area (Å²) in [6.45, 7) is 2.23. The van der Waals surface area contributed by atoms with E-state index in [0.717, 1.165) is 12.8 Å². The summed E-state index contributed by atoms with van der Waals surface area (Å²) < 4.78 is 1.37. The molecule has 110 valence electrons. The van der Waals surface area contributed by atoms with Crippen LogP contribution >= 0.6 is 0 Å². The van der Waals surface area contributed by atoms with Crippen molar-refractivity contribution in [2.45, 2.75) is 64.7 Å². The Hall–Kier alpha value is -1.76. The maximum Gasteiger partial charge on any atom is 0.356 e. The fourth-order valence-electron chi connectivity index (χ4n) is 1.98. The lowest BCUT2D eigenvalue weighted by molar-refractivity contribution is 0.0690. The van der Waals surface area contributed by atoms with Crippen LogP contribution in [0, 0.1) is 12.0 Å². The summed E-state index contributed by atoms with van der Waals surface area (Å²) in [6.07, 6.45) is 12.7. The van der Waals surface area contributed by atoms with Gasteiger partial charge in [-0.15, -0.1) is 0 Å². The Labute approximate surface area is 121 Å². The fourth-order valence-corrected chi connectivity index (χ4v) is 1.98. The molecule has 0 aromatic carbocycles. The van der Waals surface area contributed by atoms with Crippen LogP contribution < -0.4 is 0 Å². The van der Waals surface area contributed by atoms with Crippen LogP contribution in [0.1, 0.15) is 75.2 Å². The van der Waals surface area contributed by atoms with E-state index in [-0.39, 0.29) is 5.69 Å². The highest BCUT2D eigenvalue weighted by Crippen LogP contribution is 2.09. The van der Waals surface area contributed by atoms with Gasteiger partial charge in [-0.2, -0.15) is 9.78 Å². The maximum atomic E-state index is 10.6. The molecule has 0 aliphatic carbocycles. The van der Waals surface area contributed by atoms with E-state index in [1.54, 1.807) is 6.20 Å². The Kier molecular flexibility index (Phi) is 8.21. The molecule has 0 atom stereocenters. The van der Waals surface area contributed by atoms with Gasteiger partial charge < -0.3 is 5.11 Å². The van der Waals surface area contributed by atoms with E-state index in [9.17, 15) is 4.79 Å². The molecule has 1 aromatic heterocycles. The van der Waals surface area contributed by atoms with Crippen LogP contribution in [0.2, 0.25) is 0 Å². The first-order valence-corrected chi connectivity index (χ1v) is 7.52. The highest BCUT2D eigenvalue weighted by molar-refractivity contribution is 5.85. The van der Waals surface area contributed by atoms with Crippen molar-refractivity contribution in [2.24, 2.45) is 0 Å². The molecule has 20 heavy (non-hydrogen) atoms. The Morgan fingerprint density at radius 3 is 2.45 bits per heavy atom. The predicted octanol–water partition coefficient (Wildman–Crippen LogP) is 3.92. The highest BCUT2D eigenvalue weighted by atomic mass is 16.4. The van der Waals surface area contributed by atoms with Crippen LogP contribution in [-0.4, -0.2) is 20.9 Å². The van der Waals surface area contributed by atoms with Crippen LogP contribution in [0.5, 0.6) is 0 Å². The van der Waals surface area contributed by atoms with Crippen molar-refractivity contribution in [3.8, 4) is 12.0 Å². The van der Waals surface area contributed by atoms with E-state index in [2.05, 4.69) is 24.0 Å². The second-order valence-electron chi connectivity index (χ2n) is 4.96. The minimum atomic E-state index is -1.02. The average molecular weight is 276 g/mol. The van der Waals surface area contributed by atoms with Crippen LogP contribution in [-0.2, 0) is 0 Å². The van der Waals surface area contributed by atoms with Crippen molar-refractivity contribution < 1.29 is 9.90 Å². The molecule has 0 amide bonds. The largest absolute Gasteiger partial charge is 0.476 e. The summed E-state index contributed by atoms with van der Waals surface area (Å²) in [5.41, 5.74) is 0.0337. The lowest BCUT2D eigenvalue weighted by atomic mass is 10.1. The number of aromatic nitrogens is 2. The number of aromatic carboxylic acids is 1. The normalized spacial score (nSPS) is 10.1. The van der Waals surface area contributed by atoms with Gasteiger partial charge in [0.1, 0.15) is 0 Å². The quantitative estimate of drug-likeness (QED) is 0.549. The lowest BCUT2D eigenvalue weighted by Crippen LogP contribution is -1.98. The first kappa shape index (κ1) is 16.3. The molecule has 0 bridgehead atoms. The average Bonchev–Trinajstić information content (AvgIpc) is 2.90. The molecule has 4 heteroatoms. The maximum absolute atomic E-state index is 10.6. The third-order valence-electron chi connectivity index (χ3n) is 3.16. The summed E-state index contributed by atoms with van der Waals surface area (Å²) in [5.74, 6) is 2.00. The number of carboxylic acid groups (broad SMARTS) is 1. The zero-order valence-electron chi connectivity index (χ0n) is 12.3. The monoisotopic (exact) mass is 276 g/mol. The van der Waals surface area contributed by atoms with Crippen molar-refractivity contribution in [3.05, 3.63) is 18.0 Å². The number of nitrogens with zero attached hydrogens (tertiary/aromatic N) is 2. The molecule has 0 unspecified atom stereocenters. The molecule has 0 spiro atoms. The van der Waals surface area contributed by atoms with Gasteiger partial charge in [0.2, 0.25) is 0 Å². The van der Waals surface area contributed by atoms with Gasteiger partial charge in [0.05, 0.1) is 0 Å². The number of hydrogen-bond donors (Lipinski definition) is 1. The van der Waals surface area contributed by atoms with Gasteiger partial charge >= 0.3 is 5.97 Å². The van der Waals surface area contributed by atoms with Gasteiger partial charge in [0.25, 0.3) is 0 Å². The third kappa shape index (κ3) is 6.98. The summed E-state index contributed by atoms with van der Waals surface area (Å²) in [4.78, 5) is 10.6. The molecular formula is C16H24N2O2. The van der Waals surface area contributed by atoms with Gasteiger partial charge in [-0.25, -0.2) is 4.79 Å². The lowest BCUT2D eigenvalue weighted by Gasteiger charge is -1.99. The van der Waals surface area contributed by atoms with Crippen molar-refractivity contribution in [3.63, 3.8) is 0 Å². The molecule has 1 heterocycles. The molecular weight excluding hydrogens is 252 g/mol. The minimum absolute atomic E-state index is 0.0337. The van der Waals surface area contributed by atoms with Crippen molar-refractivity contribution in [1.82, 2.24) is 9.78 Å². The second kappa shape index (κ2) is 10.1. The van der Waals surface area contributed by atoms with Crippen LogP contribution in [0.4, 0.5) is 0 Å². The first-order chi connectivity index (χ1) is 9.74. The van der Waals surface area contributed by atoms with E-state index in [0.29, 0.717) is 0 Å². The van der Waals surface area contributed by atoms with E-state index >= 15 is 0 Å². The van der Waals surface area contributed by atoms with Crippen molar-refractivity contribution >= 4 is 5.97 Å². The van der Waals surface area contributed by atoms with E-state index in [1.807, 2.05) is 0 Å². The van der Waals surface area contributed by atoms with Gasteiger partial charge in [-0.3, -0.25) is 0 Å². The van der Waals surface area contributed by atoms with E-state index in [1.165, 1.54) is 55.7 Å². The number of carboxylic acids is 1. The number of unbranched alkanes of at least 4 members (excludes halogenated alkanes) is 8. The summed E-state index contributed by atoms with van der Waals surface area (Å²) in [6, 6.07) is 4.28. The molecule has 0 saturated heterocycles. The summed E-state index contributed by atoms with van der Waals surface area (Å²) in [7, 11) is 0. The van der Waals surface area contributed by atoms with Gasteiger partial charge in [0, 0.05) is 18.7 Å². The van der Waals surface area contributed by atoms with Crippen LogP contribution in [0.3, 0.4) is 0 Å². The Balaban J connectivity index is 2.06. The van der Waals surface area contributed by atoms with Crippen molar-refractivity contribution in [2.75, 3.05) is 0 Å². The molecule has 0 radical (unpaired) electrons. The standard InChI is InChI=1S/C16H24N2O2/c1-2-3-4-5-6-7-8-9-10-11-13-18-14-12-15(17-18)16(19)20/h12,14H,2-10H2,1H3,(H,19,20).